The third-order valence-corrected chi connectivity index (χ3v) is 9.21. The molecule has 2 aromatic rings. The van der Waals surface area contributed by atoms with Gasteiger partial charge in [-0.25, -0.2) is 8.42 Å². The SMILES string of the molecule is Cc1ccc(NS(=O)(=O)c2ccc(NC(=O)C3CCN(S(=O)(=O)N(C)C)CC3)cc2)cc1Cl. The van der Waals surface area contributed by atoms with Gasteiger partial charge >= 0.3 is 0 Å². The maximum Gasteiger partial charge on any atom is 0.281 e. The van der Waals surface area contributed by atoms with E-state index >= 15 is 0 Å². The monoisotopic (exact) mass is 514 g/mol. The van der Waals surface area contributed by atoms with Gasteiger partial charge in [0.1, 0.15) is 0 Å². The molecule has 0 aromatic heterocycles. The molecule has 1 fully saturated rings. The highest BCUT2D eigenvalue weighted by atomic mass is 35.5. The molecule has 3 rings (SSSR count). The molecular weight excluding hydrogens is 488 g/mol. The summed E-state index contributed by atoms with van der Waals surface area (Å²) in [4.78, 5) is 12.6. The minimum atomic E-state index is -3.82. The summed E-state index contributed by atoms with van der Waals surface area (Å²) in [5, 5.41) is 3.24. The van der Waals surface area contributed by atoms with Crippen LogP contribution in [-0.2, 0) is 25.0 Å². The number of halogens is 1. The lowest BCUT2D eigenvalue weighted by Crippen LogP contribution is -2.46. The molecular formula is C21H27ClN4O5S2. The van der Waals surface area contributed by atoms with Gasteiger partial charge in [0.15, 0.2) is 0 Å². The Morgan fingerprint density at radius 2 is 1.58 bits per heavy atom. The van der Waals surface area contributed by atoms with Crippen molar-refractivity contribution in [3.05, 3.63) is 53.1 Å². The lowest BCUT2D eigenvalue weighted by molar-refractivity contribution is -0.120. The minimum Gasteiger partial charge on any atom is -0.326 e. The van der Waals surface area contributed by atoms with Gasteiger partial charge in [-0.3, -0.25) is 9.52 Å². The zero-order valence-corrected chi connectivity index (χ0v) is 21.0. The summed E-state index contributed by atoms with van der Waals surface area (Å²) in [6, 6.07) is 10.7. The summed E-state index contributed by atoms with van der Waals surface area (Å²) in [5.41, 5.74) is 1.65. The number of sulfonamides is 1. The van der Waals surface area contributed by atoms with Gasteiger partial charge in [-0.05, 0) is 61.7 Å². The Labute approximate surface area is 200 Å². The van der Waals surface area contributed by atoms with Crippen LogP contribution in [-0.4, -0.2) is 58.5 Å². The Hall–Kier alpha value is -2.18. The second-order valence-electron chi connectivity index (χ2n) is 8.05. The highest BCUT2D eigenvalue weighted by molar-refractivity contribution is 7.92. The quantitative estimate of drug-likeness (QED) is 0.589. The second kappa shape index (κ2) is 9.98. The number of hydrogen-bond donors (Lipinski definition) is 2. The van der Waals surface area contributed by atoms with Crippen molar-refractivity contribution in [2.24, 2.45) is 5.92 Å². The summed E-state index contributed by atoms with van der Waals surface area (Å²) >= 11 is 6.06. The fourth-order valence-electron chi connectivity index (χ4n) is 3.41. The zero-order valence-electron chi connectivity index (χ0n) is 18.6. The Morgan fingerprint density at radius 1 is 1.00 bits per heavy atom. The van der Waals surface area contributed by atoms with E-state index in [9.17, 15) is 21.6 Å². The van der Waals surface area contributed by atoms with Gasteiger partial charge in [0.25, 0.3) is 20.2 Å². The molecule has 9 nitrogen and oxygen atoms in total. The van der Waals surface area contributed by atoms with Gasteiger partial charge in [-0.15, -0.1) is 0 Å². The third-order valence-electron chi connectivity index (χ3n) is 5.47. The topological polar surface area (TPSA) is 116 Å². The molecule has 180 valence electrons. The van der Waals surface area contributed by atoms with Gasteiger partial charge in [0, 0.05) is 43.8 Å². The number of rotatable bonds is 7. The number of nitrogens with zero attached hydrogens (tertiary/aromatic N) is 2. The minimum absolute atomic E-state index is 0.0411. The fraction of sp³-hybridized carbons (Fsp3) is 0.381. The van der Waals surface area contributed by atoms with Crippen LogP contribution in [0.15, 0.2) is 47.4 Å². The zero-order chi connectivity index (χ0) is 24.4. The van der Waals surface area contributed by atoms with Crippen molar-refractivity contribution in [1.82, 2.24) is 8.61 Å². The van der Waals surface area contributed by atoms with Gasteiger partial charge in [0.05, 0.1) is 10.6 Å². The Balaban J connectivity index is 1.60. The number of amides is 1. The molecule has 0 aliphatic carbocycles. The Bertz CT molecular complexity index is 1220. The highest BCUT2D eigenvalue weighted by Crippen LogP contribution is 2.25. The number of carbonyl (C=O) groups excluding carboxylic acids is 1. The predicted octanol–water partition coefficient (Wildman–Crippen LogP) is 2.91. The van der Waals surface area contributed by atoms with Crippen LogP contribution in [0.5, 0.6) is 0 Å². The van der Waals surface area contributed by atoms with Crippen molar-refractivity contribution in [2.75, 3.05) is 37.2 Å². The van der Waals surface area contributed by atoms with Crippen LogP contribution in [0.2, 0.25) is 5.02 Å². The van der Waals surface area contributed by atoms with Crippen molar-refractivity contribution >= 4 is 49.1 Å². The maximum absolute atomic E-state index is 12.6. The molecule has 2 N–H and O–H groups in total. The van der Waals surface area contributed by atoms with E-state index in [4.69, 9.17) is 11.6 Å². The molecule has 1 aliphatic heterocycles. The molecule has 0 atom stereocenters. The lowest BCUT2D eigenvalue weighted by Gasteiger charge is -2.32. The molecule has 1 aliphatic rings. The molecule has 1 amide bonds. The van der Waals surface area contributed by atoms with Crippen molar-refractivity contribution in [1.29, 1.82) is 0 Å². The average Bonchev–Trinajstić information content (AvgIpc) is 2.76. The van der Waals surface area contributed by atoms with E-state index in [0.717, 1.165) is 9.87 Å². The van der Waals surface area contributed by atoms with Crippen molar-refractivity contribution in [2.45, 2.75) is 24.7 Å². The van der Waals surface area contributed by atoms with E-state index in [1.165, 1.54) is 48.7 Å². The lowest BCUT2D eigenvalue weighted by atomic mass is 9.97. The van der Waals surface area contributed by atoms with E-state index < -0.39 is 20.2 Å². The molecule has 0 radical (unpaired) electrons. The van der Waals surface area contributed by atoms with E-state index in [0.29, 0.717) is 29.2 Å². The molecule has 0 saturated carbocycles. The first-order valence-electron chi connectivity index (χ1n) is 10.3. The van der Waals surface area contributed by atoms with E-state index in [-0.39, 0.29) is 29.8 Å². The van der Waals surface area contributed by atoms with Crippen LogP contribution < -0.4 is 10.0 Å². The van der Waals surface area contributed by atoms with Gasteiger partial charge < -0.3 is 5.32 Å². The normalized spacial score (nSPS) is 16.0. The molecule has 1 heterocycles. The first kappa shape index (κ1) is 25.4. The van der Waals surface area contributed by atoms with E-state index in [1.54, 1.807) is 12.1 Å². The molecule has 0 unspecified atom stereocenters. The summed E-state index contributed by atoms with van der Waals surface area (Å²) in [5.74, 6) is -0.546. The summed E-state index contributed by atoms with van der Waals surface area (Å²) in [6.07, 6.45) is 0.822. The summed E-state index contributed by atoms with van der Waals surface area (Å²) in [7, 11) is -4.36. The van der Waals surface area contributed by atoms with Crippen LogP contribution in [0.25, 0.3) is 0 Å². The maximum atomic E-state index is 12.6. The van der Waals surface area contributed by atoms with Crippen LogP contribution in [0.4, 0.5) is 11.4 Å². The molecule has 1 saturated heterocycles. The summed E-state index contributed by atoms with van der Waals surface area (Å²) < 4.78 is 54.7. The predicted molar refractivity (Wildman–Crippen MR) is 129 cm³/mol. The van der Waals surface area contributed by atoms with Crippen LogP contribution in [0.3, 0.4) is 0 Å². The molecule has 2 aromatic carbocycles. The molecule has 0 bridgehead atoms. The smallest absolute Gasteiger partial charge is 0.281 e. The number of aryl methyl sites for hydroxylation is 1. The number of nitrogens with one attached hydrogen (secondary N) is 2. The number of anilines is 2. The Morgan fingerprint density at radius 3 is 2.12 bits per heavy atom. The van der Waals surface area contributed by atoms with E-state index in [2.05, 4.69) is 10.0 Å². The number of piperidine rings is 1. The largest absolute Gasteiger partial charge is 0.326 e. The van der Waals surface area contributed by atoms with Crippen LogP contribution >= 0.6 is 11.6 Å². The first-order chi connectivity index (χ1) is 15.4. The first-order valence-corrected chi connectivity index (χ1v) is 13.5. The van der Waals surface area contributed by atoms with Crippen molar-refractivity contribution in [3.8, 4) is 0 Å². The fourth-order valence-corrected chi connectivity index (χ4v) is 5.78. The molecule has 0 spiro atoms. The van der Waals surface area contributed by atoms with Gasteiger partial charge in [0.2, 0.25) is 5.91 Å². The van der Waals surface area contributed by atoms with Gasteiger partial charge in [-0.1, -0.05) is 17.7 Å². The van der Waals surface area contributed by atoms with Gasteiger partial charge in [-0.2, -0.15) is 17.0 Å². The Kier molecular flexibility index (Phi) is 7.69. The standard InChI is InChI=1S/C21H27ClN4O5S2/c1-15-4-5-18(14-20(15)22)24-32(28,29)19-8-6-17(7-9-19)23-21(27)16-10-12-26(13-11-16)33(30,31)25(2)3/h4-9,14,16,24H,10-13H2,1-3H3,(H,23,27). The molecule has 12 heteroatoms. The van der Waals surface area contributed by atoms with Crippen LogP contribution in [0, 0.1) is 12.8 Å². The second-order valence-corrected chi connectivity index (χ2v) is 12.3. The molecule has 33 heavy (non-hydrogen) atoms. The number of hydrogen-bond acceptors (Lipinski definition) is 5. The number of carbonyl (C=O) groups is 1. The number of benzene rings is 2. The van der Waals surface area contributed by atoms with Crippen molar-refractivity contribution in [3.63, 3.8) is 0 Å². The average molecular weight is 515 g/mol. The van der Waals surface area contributed by atoms with Crippen LogP contribution in [0.1, 0.15) is 18.4 Å². The third kappa shape index (κ3) is 6.04. The summed E-state index contributed by atoms with van der Waals surface area (Å²) in [6.45, 7) is 2.36. The van der Waals surface area contributed by atoms with Crippen molar-refractivity contribution < 1.29 is 21.6 Å². The van der Waals surface area contributed by atoms with E-state index in [1.807, 2.05) is 6.92 Å². The highest BCUT2D eigenvalue weighted by Gasteiger charge is 2.32.